The van der Waals surface area contributed by atoms with Crippen LogP contribution in [0.3, 0.4) is 0 Å². The molecule has 7 nitrogen and oxygen atoms in total. The summed E-state index contributed by atoms with van der Waals surface area (Å²) in [4.78, 5) is 21.4. The van der Waals surface area contributed by atoms with Crippen molar-refractivity contribution >= 4 is 27.6 Å². The predicted octanol–water partition coefficient (Wildman–Crippen LogP) is 0.706. The monoisotopic (exact) mass is 300 g/mol. The number of rotatable bonds is 6. The highest BCUT2D eigenvalue weighted by molar-refractivity contribution is 7.89. The van der Waals surface area contributed by atoms with Crippen LogP contribution >= 0.6 is 0 Å². The lowest BCUT2D eigenvalue weighted by molar-refractivity contribution is -0.136. The number of carbonyl (C=O) groups is 2. The van der Waals surface area contributed by atoms with Gasteiger partial charge in [-0.2, -0.15) is 0 Å². The number of aryl methyl sites for hydroxylation is 1. The van der Waals surface area contributed by atoms with Gasteiger partial charge in [0.1, 0.15) is 0 Å². The number of carboxylic acid groups (broad SMARTS) is 1. The number of hydrogen-bond acceptors (Lipinski definition) is 4. The van der Waals surface area contributed by atoms with E-state index in [1.807, 2.05) is 0 Å². The molecule has 0 saturated carbocycles. The van der Waals surface area contributed by atoms with E-state index < -0.39 is 16.0 Å². The minimum Gasteiger partial charge on any atom is -0.481 e. The zero-order chi connectivity index (χ0) is 15.3. The Balaban J connectivity index is 2.98. The van der Waals surface area contributed by atoms with Gasteiger partial charge < -0.3 is 10.4 Å². The Bertz CT molecular complexity index is 625. The fraction of sp³-hybridized carbons (Fsp3) is 0.333. The highest BCUT2D eigenvalue weighted by atomic mass is 32.2. The number of benzene rings is 1. The van der Waals surface area contributed by atoms with Crippen LogP contribution < -0.4 is 10.0 Å². The van der Waals surface area contributed by atoms with E-state index in [-0.39, 0.29) is 23.8 Å². The minimum atomic E-state index is -3.81. The molecule has 0 saturated heterocycles. The quantitative estimate of drug-likeness (QED) is 0.716. The van der Waals surface area contributed by atoms with Gasteiger partial charge in [0.05, 0.1) is 11.3 Å². The summed E-state index contributed by atoms with van der Waals surface area (Å²) in [6, 6.07) is 4.49. The van der Waals surface area contributed by atoms with Gasteiger partial charge in [-0.3, -0.25) is 9.59 Å². The molecular weight excluding hydrogens is 284 g/mol. The second-order valence-corrected chi connectivity index (χ2v) is 5.94. The minimum absolute atomic E-state index is 0.00846. The first-order valence-electron chi connectivity index (χ1n) is 5.82. The van der Waals surface area contributed by atoms with Gasteiger partial charge in [0.25, 0.3) is 0 Å². The largest absolute Gasteiger partial charge is 0.481 e. The molecule has 20 heavy (non-hydrogen) atoms. The number of carboxylic acids is 1. The van der Waals surface area contributed by atoms with Crippen molar-refractivity contribution < 1.29 is 23.1 Å². The van der Waals surface area contributed by atoms with Crippen LogP contribution in [0.2, 0.25) is 0 Å². The normalized spacial score (nSPS) is 11.1. The molecule has 0 aliphatic rings. The molecule has 3 N–H and O–H groups in total. The van der Waals surface area contributed by atoms with Crippen molar-refractivity contribution in [2.75, 3.05) is 11.9 Å². The SMILES string of the molecule is CC(=O)Nc1ccc(C)c(S(=O)(=O)NCCC(=O)O)c1. The molecule has 8 heteroatoms. The topological polar surface area (TPSA) is 113 Å². The van der Waals surface area contributed by atoms with E-state index in [0.29, 0.717) is 11.3 Å². The third-order valence-electron chi connectivity index (χ3n) is 2.43. The van der Waals surface area contributed by atoms with Crippen molar-refractivity contribution in [1.82, 2.24) is 4.72 Å². The highest BCUT2D eigenvalue weighted by Crippen LogP contribution is 2.20. The molecule has 0 fully saturated rings. The van der Waals surface area contributed by atoms with Gasteiger partial charge >= 0.3 is 5.97 Å². The maximum absolute atomic E-state index is 12.1. The van der Waals surface area contributed by atoms with Crippen LogP contribution in [0.4, 0.5) is 5.69 Å². The summed E-state index contributed by atoms with van der Waals surface area (Å²) in [6.07, 6.45) is -0.302. The summed E-state index contributed by atoms with van der Waals surface area (Å²) in [7, 11) is -3.81. The summed E-state index contributed by atoms with van der Waals surface area (Å²) in [6.45, 7) is 2.74. The Kier molecular flexibility index (Phi) is 5.23. The Morgan fingerprint density at radius 1 is 1.30 bits per heavy atom. The molecule has 1 aromatic rings. The third-order valence-corrected chi connectivity index (χ3v) is 4.03. The van der Waals surface area contributed by atoms with E-state index in [1.165, 1.54) is 13.0 Å². The molecule has 0 aliphatic heterocycles. The first-order chi connectivity index (χ1) is 9.22. The van der Waals surface area contributed by atoms with Gasteiger partial charge in [0.15, 0.2) is 0 Å². The Morgan fingerprint density at radius 3 is 2.50 bits per heavy atom. The molecule has 110 valence electrons. The van der Waals surface area contributed by atoms with E-state index in [9.17, 15) is 18.0 Å². The molecule has 0 bridgehead atoms. The molecule has 0 heterocycles. The number of amides is 1. The van der Waals surface area contributed by atoms with Crippen LogP contribution in [0.5, 0.6) is 0 Å². The smallest absolute Gasteiger partial charge is 0.304 e. The molecule has 0 radical (unpaired) electrons. The number of sulfonamides is 1. The third kappa shape index (κ3) is 4.63. The predicted molar refractivity (Wildman–Crippen MR) is 72.9 cm³/mol. The Labute approximate surface area is 117 Å². The summed E-state index contributed by atoms with van der Waals surface area (Å²) in [5, 5.41) is 11.0. The second kappa shape index (κ2) is 6.49. The number of aliphatic carboxylic acids is 1. The van der Waals surface area contributed by atoms with Crippen LogP contribution in [0.25, 0.3) is 0 Å². The standard InChI is InChI=1S/C12H16N2O5S/c1-8-3-4-10(14-9(2)15)7-11(8)20(18,19)13-6-5-12(16)17/h3-4,7,13H,5-6H2,1-2H3,(H,14,15)(H,16,17). The van der Waals surface area contributed by atoms with Crippen molar-refractivity contribution in [1.29, 1.82) is 0 Å². The van der Waals surface area contributed by atoms with Crippen molar-refractivity contribution in [2.45, 2.75) is 25.2 Å². The lowest BCUT2D eigenvalue weighted by Gasteiger charge is -2.11. The number of hydrogen-bond donors (Lipinski definition) is 3. The fourth-order valence-corrected chi connectivity index (χ4v) is 2.84. The highest BCUT2D eigenvalue weighted by Gasteiger charge is 2.17. The molecule has 0 spiro atoms. The first kappa shape index (κ1) is 16.1. The maximum atomic E-state index is 12.1. The molecule has 0 atom stereocenters. The molecule has 1 aromatic carbocycles. The van der Waals surface area contributed by atoms with E-state index in [4.69, 9.17) is 5.11 Å². The molecule has 0 aliphatic carbocycles. The summed E-state index contributed by atoms with van der Waals surface area (Å²) in [5.74, 6) is -1.40. The van der Waals surface area contributed by atoms with Crippen molar-refractivity contribution in [3.05, 3.63) is 23.8 Å². The van der Waals surface area contributed by atoms with Crippen molar-refractivity contribution in [2.24, 2.45) is 0 Å². The van der Waals surface area contributed by atoms with E-state index in [2.05, 4.69) is 10.0 Å². The van der Waals surface area contributed by atoms with Crippen LogP contribution in [0.15, 0.2) is 23.1 Å². The molecular formula is C12H16N2O5S. The van der Waals surface area contributed by atoms with Crippen LogP contribution in [-0.4, -0.2) is 31.9 Å². The van der Waals surface area contributed by atoms with E-state index in [1.54, 1.807) is 19.1 Å². The van der Waals surface area contributed by atoms with Crippen LogP contribution in [0, 0.1) is 6.92 Å². The zero-order valence-electron chi connectivity index (χ0n) is 11.1. The van der Waals surface area contributed by atoms with Gasteiger partial charge in [-0.05, 0) is 24.6 Å². The van der Waals surface area contributed by atoms with Gasteiger partial charge in [-0.15, -0.1) is 0 Å². The number of anilines is 1. The van der Waals surface area contributed by atoms with Crippen LogP contribution in [0.1, 0.15) is 18.9 Å². The number of nitrogens with one attached hydrogen (secondary N) is 2. The van der Waals surface area contributed by atoms with E-state index in [0.717, 1.165) is 0 Å². The average Bonchev–Trinajstić information content (AvgIpc) is 2.30. The molecule has 1 rings (SSSR count). The van der Waals surface area contributed by atoms with E-state index >= 15 is 0 Å². The van der Waals surface area contributed by atoms with Crippen molar-refractivity contribution in [3.8, 4) is 0 Å². The molecule has 0 unspecified atom stereocenters. The molecule has 0 aromatic heterocycles. The van der Waals surface area contributed by atoms with Crippen molar-refractivity contribution in [3.63, 3.8) is 0 Å². The maximum Gasteiger partial charge on any atom is 0.304 e. The van der Waals surface area contributed by atoms with Crippen LogP contribution in [-0.2, 0) is 19.6 Å². The van der Waals surface area contributed by atoms with Gasteiger partial charge in [-0.25, -0.2) is 13.1 Å². The lowest BCUT2D eigenvalue weighted by atomic mass is 10.2. The van der Waals surface area contributed by atoms with Gasteiger partial charge in [-0.1, -0.05) is 6.07 Å². The fourth-order valence-electron chi connectivity index (χ4n) is 1.54. The molecule has 1 amide bonds. The summed E-state index contributed by atoms with van der Waals surface area (Å²) >= 11 is 0. The Hall–Kier alpha value is -1.93. The lowest BCUT2D eigenvalue weighted by Crippen LogP contribution is -2.27. The summed E-state index contributed by atoms with van der Waals surface area (Å²) < 4.78 is 26.3. The first-order valence-corrected chi connectivity index (χ1v) is 7.30. The Morgan fingerprint density at radius 2 is 1.95 bits per heavy atom. The second-order valence-electron chi connectivity index (χ2n) is 4.20. The van der Waals surface area contributed by atoms with Gasteiger partial charge in [0.2, 0.25) is 15.9 Å². The summed E-state index contributed by atoms with van der Waals surface area (Å²) in [5.41, 5.74) is 0.864. The zero-order valence-corrected chi connectivity index (χ0v) is 12.0. The van der Waals surface area contributed by atoms with Gasteiger partial charge in [0, 0.05) is 19.2 Å². The number of carbonyl (C=O) groups excluding carboxylic acids is 1. The average molecular weight is 300 g/mol.